The van der Waals surface area contributed by atoms with Crippen molar-refractivity contribution in [3.63, 3.8) is 0 Å². The van der Waals surface area contributed by atoms with Gasteiger partial charge in [0.1, 0.15) is 4.88 Å². The molecule has 1 aliphatic rings. The van der Waals surface area contributed by atoms with Gasteiger partial charge in [0.05, 0.1) is 27.2 Å². The Morgan fingerprint density at radius 3 is 2.41 bits per heavy atom. The van der Waals surface area contributed by atoms with Gasteiger partial charge in [-0.3, -0.25) is 9.36 Å². The van der Waals surface area contributed by atoms with E-state index in [2.05, 4.69) is 9.98 Å². The van der Waals surface area contributed by atoms with Gasteiger partial charge in [-0.15, -0.1) is 0 Å². The maximum absolute atomic E-state index is 12.8. The number of para-hydroxylation sites is 1. The Kier molecular flexibility index (Phi) is 5.45. The van der Waals surface area contributed by atoms with E-state index in [1.807, 2.05) is 18.2 Å². The maximum atomic E-state index is 12.8. The lowest BCUT2D eigenvalue weighted by Gasteiger charge is -2.05. The number of carbonyl (C=O) groups excluding carboxylic acids is 1. The summed E-state index contributed by atoms with van der Waals surface area (Å²) in [4.78, 5) is 22.1. The quantitative estimate of drug-likeness (QED) is 0.436. The fourth-order valence-corrected chi connectivity index (χ4v) is 5.33. The number of fused-ring (bicyclic) bond motifs is 1. The highest BCUT2D eigenvalue weighted by Gasteiger charge is 2.26. The Labute approximate surface area is 202 Å². The molecule has 0 saturated heterocycles. The molecule has 34 heavy (non-hydrogen) atoms. The Balaban J connectivity index is 1.78. The topological polar surface area (TPSA) is 127 Å². The van der Waals surface area contributed by atoms with Crippen LogP contribution < -0.4 is 20.5 Å². The van der Waals surface area contributed by atoms with E-state index in [1.54, 1.807) is 30.3 Å². The van der Waals surface area contributed by atoms with E-state index in [1.165, 1.54) is 28.8 Å². The van der Waals surface area contributed by atoms with E-state index in [0.717, 1.165) is 11.3 Å². The van der Waals surface area contributed by atoms with Crippen molar-refractivity contribution in [1.82, 2.24) is 4.57 Å². The van der Waals surface area contributed by atoms with Crippen molar-refractivity contribution in [2.75, 3.05) is 0 Å². The van der Waals surface area contributed by atoms with Crippen molar-refractivity contribution >= 4 is 50.1 Å². The first kappa shape index (κ1) is 22.2. The second-order valence-electron chi connectivity index (χ2n) is 7.31. The van der Waals surface area contributed by atoms with E-state index in [4.69, 9.17) is 16.7 Å². The van der Waals surface area contributed by atoms with E-state index < -0.39 is 15.9 Å². The zero-order chi connectivity index (χ0) is 24.0. The van der Waals surface area contributed by atoms with Crippen LogP contribution in [0.5, 0.6) is 5.88 Å². The number of carbonyl (C=O) groups is 1. The molecule has 0 atom stereocenters. The number of nitrogens with zero attached hydrogens (tertiary/aromatic N) is 3. The van der Waals surface area contributed by atoms with Gasteiger partial charge in [-0.05, 0) is 54.6 Å². The monoisotopic (exact) mass is 510 g/mol. The summed E-state index contributed by atoms with van der Waals surface area (Å²) in [6, 6.07) is 19.7. The second-order valence-corrected chi connectivity index (χ2v) is 10.3. The van der Waals surface area contributed by atoms with E-state index in [9.17, 15) is 18.3 Å². The SMILES string of the molecule is NS(=O)(=O)c1ccc(N=c2sc(C3=c4cc(Cl)ccc4=NC3=O)c(O)n2-c2ccccc2)cc1. The van der Waals surface area contributed by atoms with Crippen LogP contribution in [0.1, 0.15) is 4.88 Å². The number of thiazole rings is 1. The summed E-state index contributed by atoms with van der Waals surface area (Å²) in [6.45, 7) is 0. The van der Waals surface area contributed by atoms with Crippen LogP contribution in [-0.2, 0) is 14.8 Å². The van der Waals surface area contributed by atoms with Crippen molar-refractivity contribution in [2.24, 2.45) is 15.1 Å². The number of rotatable bonds is 4. The average Bonchev–Trinajstić information content (AvgIpc) is 3.28. The van der Waals surface area contributed by atoms with Crippen LogP contribution >= 0.6 is 22.9 Å². The van der Waals surface area contributed by atoms with Crippen LogP contribution in [0.3, 0.4) is 0 Å². The molecule has 11 heteroatoms. The minimum Gasteiger partial charge on any atom is -0.493 e. The number of halogens is 1. The first-order chi connectivity index (χ1) is 16.2. The molecule has 1 aliphatic heterocycles. The summed E-state index contributed by atoms with van der Waals surface area (Å²) < 4.78 is 24.6. The van der Waals surface area contributed by atoms with Gasteiger partial charge >= 0.3 is 0 Å². The first-order valence-electron chi connectivity index (χ1n) is 9.83. The van der Waals surface area contributed by atoms with Gasteiger partial charge in [-0.25, -0.2) is 23.5 Å². The predicted octanol–water partition coefficient (Wildman–Crippen LogP) is 2.14. The summed E-state index contributed by atoms with van der Waals surface area (Å²) >= 11 is 7.25. The smallest absolute Gasteiger partial charge is 0.279 e. The highest BCUT2D eigenvalue weighted by molar-refractivity contribution is 7.89. The molecule has 4 aromatic rings. The Hall–Kier alpha value is -3.57. The van der Waals surface area contributed by atoms with Crippen molar-refractivity contribution in [2.45, 2.75) is 4.90 Å². The predicted molar refractivity (Wildman–Crippen MR) is 128 cm³/mol. The lowest BCUT2D eigenvalue weighted by atomic mass is 10.1. The molecule has 3 N–H and O–H groups in total. The summed E-state index contributed by atoms with van der Waals surface area (Å²) in [5.74, 6) is -0.666. The molecule has 0 bridgehead atoms. The largest absolute Gasteiger partial charge is 0.493 e. The molecule has 8 nitrogen and oxygen atoms in total. The van der Waals surface area contributed by atoms with Crippen LogP contribution in [0.25, 0.3) is 11.3 Å². The molecule has 0 fully saturated rings. The minimum absolute atomic E-state index is 0.0423. The normalized spacial score (nSPS) is 13.8. The Morgan fingerprint density at radius 2 is 1.74 bits per heavy atom. The highest BCUT2D eigenvalue weighted by atomic mass is 35.5. The third-order valence-electron chi connectivity index (χ3n) is 5.09. The van der Waals surface area contributed by atoms with Gasteiger partial charge in [0.25, 0.3) is 5.91 Å². The molecule has 0 saturated carbocycles. The number of nitrogens with two attached hydrogens (primary N) is 1. The van der Waals surface area contributed by atoms with Gasteiger partial charge in [-0.1, -0.05) is 41.1 Å². The molecular formula is C23H15ClN4O4S2. The van der Waals surface area contributed by atoms with Gasteiger partial charge in [0.2, 0.25) is 15.9 Å². The number of benzene rings is 3. The molecule has 0 unspecified atom stereocenters. The van der Waals surface area contributed by atoms with Crippen molar-refractivity contribution in [3.05, 3.63) is 98.1 Å². The zero-order valence-electron chi connectivity index (χ0n) is 17.2. The molecule has 1 aromatic heterocycles. The lowest BCUT2D eigenvalue weighted by molar-refractivity contribution is -0.112. The minimum atomic E-state index is -3.84. The van der Waals surface area contributed by atoms with E-state index in [-0.39, 0.29) is 16.3 Å². The van der Waals surface area contributed by atoms with Crippen molar-refractivity contribution in [1.29, 1.82) is 0 Å². The number of hydrogen-bond acceptors (Lipinski definition) is 6. The molecule has 170 valence electrons. The van der Waals surface area contributed by atoms with Gasteiger partial charge in [0.15, 0.2) is 4.80 Å². The van der Waals surface area contributed by atoms with Crippen molar-refractivity contribution in [3.8, 4) is 11.6 Å². The molecule has 5 rings (SSSR count). The first-order valence-corrected chi connectivity index (χ1v) is 12.6. The van der Waals surface area contributed by atoms with Crippen LogP contribution in [0.4, 0.5) is 5.69 Å². The lowest BCUT2D eigenvalue weighted by Crippen LogP contribution is -2.22. The van der Waals surface area contributed by atoms with Crippen LogP contribution in [0.2, 0.25) is 5.02 Å². The number of aromatic nitrogens is 1. The highest BCUT2D eigenvalue weighted by Crippen LogP contribution is 2.31. The molecule has 3 aromatic carbocycles. The van der Waals surface area contributed by atoms with Gasteiger partial charge in [0, 0.05) is 10.2 Å². The maximum Gasteiger partial charge on any atom is 0.279 e. The molecule has 0 radical (unpaired) electrons. The average molecular weight is 511 g/mol. The number of sulfonamides is 1. The van der Waals surface area contributed by atoms with Crippen LogP contribution in [0.15, 0.2) is 87.7 Å². The van der Waals surface area contributed by atoms with Crippen LogP contribution in [0, 0.1) is 0 Å². The van der Waals surface area contributed by atoms with Crippen LogP contribution in [-0.4, -0.2) is 24.0 Å². The summed E-state index contributed by atoms with van der Waals surface area (Å²) in [5.41, 5.74) is 1.29. The second kappa shape index (κ2) is 8.33. The Bertz CT molecular complexity index is 1760. The zero-order valence-corrected chi connectivity index (χ0v) is 19.6. The molecule has 0 aliphatic carbocycles. The van der Waals surface area contributed by atoms with E-state index >= 15 is 0 Å². The third-order valence-corrected chi connectivity index (χ3v) is 7.31. The number of hydrogen-bond donors (Lipinski definition) is 2. The number of primary sulfonamides is 1. The molecule has 2 heterocycles. The van der Waals surface area contributed by atoms with E-state index in [0.29, 0.717) is 36.7 Å². The fraction of sp³-hybridized carbons (Fsp3) is 0. The summed E-state index contributed by atoms with van der Waals surface area (Å²) in [5, 5.41) is 17.8. The third kappa shape index (κ3) is 3.97. The summed E-state index contributed by atoms with van der Waals surface area (Å²) in [6.07, 6.45) is 0. The number of aromatic hydroxyl groups is 1. The van der Waals surface area contributed by atoms with Gasteiger partial charge in [-0.2, -0.15) is 0 Å². The molecule has 0 spiro atoms. The molecule has 1 amide bonds. The van der Waals surface area contributed by atoms with Gasteiger partial charge < -0.3 is 5.11 Å². The summed E-state index contributed by atoms with van der Waals surface area (Å²) in [7, 11) is -3.84. The van der Waals surface area contributed by atoms with Crippen molar-refractivity contribution < 1.29 is 18.3 Å². The standard InChI is InChI=1S/C23H15ClN4O4S2/c24-13-6-11-18-17(12-13)19(21(29)27-18)20-22(30)28(15-4-2-1-3-5-15)23(33-20)26-14-7-9-16(10-8-14)34(25,31)32/h1-12,30H,(H2,25,31,32). The number of amides is 1. The molecular weight excluding hydrogens is 496 g/mol. The fourth-order valence-electron chi connectivity index (χ4n) is 3.55. The Morgan fingerprint density at radius 1 is 1.03 bits per heavy atom.